The first kappa shape index (κ1) is 16.7. The van der Waals surface area contributed by atoms with Crippen molar-refractivity contribution in [2.24, 2.45) is 5.92 Å². The maximum absolute atomic E-state index is 12.4. The molecule has 0 radical (unpaired) electrons. The third-order valence-corrected chi connectivity index (χ3v) is 6.51. The molecule has 1 saturated carbocycles. The lowest BCUT2D eigenvalue weighted by Crippen LogP contribution is -2.53. The third-order valence-electron chi connectivity index (χ3n) is 4.70. The summed E-state index contributed by atoms with van der Waals surface area (Å²) >= 11 is 0. The van der Waals surface area contributed by atoms with Gasteiger partial charge >= 0.3 is 6.03 Å². The largest absolute Gasteiger partial charge is 0.396 e. The zero-order chi connectivity index (χ0) is 15.2. The van der Waals surface area contributed by atoms with Gasteiger partial charge in [0.25, 0.3) is 0 Å². The van der Waals surface area contributed by atoms with Crippen LogP contribution in [0.5, 0.6) is 0 Å². The predicted molar refractivity (Wildman–Crippen MR) is 84.6 cm³/mol. The second-order valence-electron chi connectivity index (χ2n) is 6.19. The molecule has 6 heteroatoms. The lowest BCUT2D eigenvalue weighted by atomic mass is 9.95. The van der Waals surface area contributed by atoms with Crippen molar-refractivity contribution in [2.45, 2.75) is 56.7 Å². The first-order valence-electron chi connectivity index (χ1n) is 8.19. The van der Waals surface area contributed by atoms with Crippen molar-refractivity contribution in [3.05, 3.63) is 0 Å². The van der Waals surface area contributed by atoms with E-state index in [4.69, 9.17) is 0 Å². The van der Waals surface area contributed by atoms with Gasteiger partial charge in [-0.25, -0.2) is 4.79 Å². The third kappa shape index (κ3) is 4.42. The number of aliphatic hydroxyl groups excluding tert-OH is 1. The van der Waals surface area contributed by atoms with Gasteiger partial charge in [0.15, 0.2) is 0 Å². The van der Waals surface area contributed by atoms with Crippen molar-refractivity contribution in [1.82, 2.24) is 10.2 Å². The van der Waals surface area contributed by atoms with Gasteiger partial charge in [-0.15, -0.1) is 0 Å². The van der Waals surface area contributed by atoms with Crippen molar-refractivity contribution >= 4 is 16.8 Å². The lowest BCUT2D eigenvalue weighted by Gasteiger charge is -2.36. The van der Waals surface area contributed by atoms with Crippen LogP contribution in [0.15, 0.2) is 0 Å². The second kappa shape index (κ2) is 8.13. The van der Waals surface area contributed by atoms with Gasteiger partial charge in [0, 0.05) is 42.3 Å². The van der Waals surface area contributed by atoms with Gasteiger partial charge in [-0.2, -0.15) is 0 Å². The number of carbonyl (C=O) groups excluding carboxylic acids is 1. The summed E-state index contributed by atoms with van der Waals surface area (Å²) in [4.78, 5) is 14.2. The van der Waals surface area contributed by atoms with Gasteiger partial charge in [0.05, 0.1) is 5.25 Å². The molecule has 0 unspecified atom stereocenters. The van der Waals surface area contributed by atoms with Crippen molar-refractivity contribution in [2.75, 3.05) is 25.4 Å². The number of nitrogens with zero attached hydrogens (tertiary/aromatic N) is 1. The van der Waals surface area contributed by atoms with Crippen LogP contribution in [-0.4, -0.2) is 57.0 Å². The summed E-state index contributed by atoms with van der Waals surface area (Å²) in [6, 6.07) is -0.000288. The smallest absolute Gasteiger partial charge is 0.317 e. The number of rotatable bonds is 4. The second-order valence-corrected chi connectivity index (χ2v) is 8.13. The molecule has 0 aromatic rings. The van der Waals surface area contributed by atoms with Crippen LogP contribution < -0.4 is 5.32 Å². The zero-order valence-corrected chi connectivity index (χ0v) is 13.7. The van der Waals surface area contributed by atoms with E-state index >= 15 is 0 Å². The van der Waals surface area contributed by atoms with Crippen LogP contribution in [0, 0.1) is 5.92 Å². The number of urea groups is 1. The number of aliphatic hydroxyl groups is 1. The first-order chi connectivity index (χ1) is 10.2. The molecule has 1 aliphatic carbocycles. The van der Waals surface area contributed by atoms with Crippen LogP contribution in [0.1, 0.15) is 45.4 Å². The normalized spacial score (nSPS) is 31.7. The summed E-state index contributed by atoms with van der Waals surface area (Å²) in [6.07, 6.45) is 6.03. The molecule has 2 rings (SSSR count). The number of nitrogens with one attached hydrogen (secondary N) is 1. The summed E-state index contributed by atoms with van der Waals surface area (Å²) < 4.78 is 12.1. The Morgan fingerprint density at radius 2 is 2.05 bits per heavy atom. The molecule has 1 heterocycles. The Hall–Kier alpha value is -0.620. The first-order valence-corrected chi connectivity index (χ1v) is 9.57. The molecule has 122 valence electrons. The maximum atomic E-state index is 12.4. The van der Waals surface area contributed by atoms with E-state index in [0.717, 1.165) is 45.1 Å². The molecular formula is C15H28N2O3S. The minimum atomic E-state index is -0.847. The fraction of sp³-hybridized carbons (Fsp3) is 0.933. The topological polar surface area (TPSA) is 69.6 Å². The van der Waals surface area contributed by atoms with Gasteiger partial charge in [0.2, 0.25) is 0 Å². The van der Waals surface area contributed by atoms with Gasteiger partial charge < -0.3 is 15.3 Å². The van der Waals surface area contributed by atoms with Crippen LogP contribution in [-0.2, 0) is 10.8 Å². The standard InChI is InChI=1S/C15H28N2O3S/c1-2-21(20)14-8-4-3-7-13(14)16-15(19)17-9-5-6-12(10-17)11-18/h12-14,18H,2-11H2,1H3,(H,16,19)/t12-,13-,14+,21+/m0/s1. The number of hydrogen-bond donors (Lipinski definition) is 2. The molecule has 2 N–H and O–H groups in total. The molecule has 0 aromatic heterocycles. The molecule has 2 aliphatic rings. The molecular weight excluding hydrogens is 288 g/mol. The summed E-state index contributed by atoms with van der Waals surface area (Å²) in [6.45, 7) is 3.49. The van der Waals surface area contributed by atoms with Crippen molar-refractivity contribution < 1.29 is 14.1 Å². The van der Waals surface area contributed by atoms with Crippen LogP contribution in [0.3, 0.4) is 0 Å². The molecule has 2 amide bonds. The van der Waals surface area contributed by atoms with Gasteiger partial charge in [-0.1, -0.05) is 19.8 Å². The van der Waals surface area contributed by atoms with E-state index in [2.05, 4.69) is 5.32 Å². The predicted octanol–water partition coefficient (Wildman–Crippen LogP) is 1.48. The number of likely N-dealkylation sites (tertiary alicyclic amines) is 1. The molecule has 5 nitrogen and oxygen atoms in total. The Kier molecular flexibility index (Phi) is 6.48. The fourth-order valence-electron chi connectivity index (χ4n) is 3.44. The average Bonchev–Trinajstić information content (AvgIpc) is 2.54. The average molecular weight is 316 g/mol. The molecule has 21 heavy (non-hydrogen) atoms. The minimum Gasteiger partial charge on any atom is -0.396 e. The van der Waals surface area contributed by atoms with E-state index in [-0.39, 0.29) is 29.8 Å². The van der Waals surface area contributed by atoms with Gasteiger partial charge in [0.1, 0.15) is 0 Å². The van der Waals surface area contributed by atoms with Crippen molar-refractivity contribution in [3.8, 4) is 0 Å². The highest BCUT2D eigenvalue weighted by molar-refractivity contribution is 7.85. The van der Waals surface area contributed by atoms with Crippen LogP contribution >= 0.6 is 0 Å². The molecule has 0 bridgehead atoms. The van der Waals surface area contributed by atoms with E-state index < -0.39 is 10.8 Å². The van der Waals surface area contributed by atoms with Crippen molar-refractivity contribution in [3.63, 3.8) is 0 Å². The number of piperidine rings is 1. The van der Waals surface area contributed by atoms with E-state index in [1.165, 1.54) is 0 Å². The number of hydrogen-bond acceptors (Lipinski definition) is 3. The summed E-state index contributed by atoms with van der Waals surface area (Å²) in [5.41, 5.74) is 0. The fourth-order valence-corrected chi connectivity index (χ4v) is 4.87. The number of carbonyl (C=O) groups is 1. The molecule has 4 atom stereocenters. The minimum absolute atomic E-state index is 0.0431. The molecule has 2 fully saturated rings. The highest BCUT2D eigenvalue weighted by Crippen LogP contribution is 2.24. The highest BCUT2D eigenvalue weighted by atomic mass is 32.2. The summed E-state index contributed by atoms with van der Waals surface area (Å²) in [5, 5.41) is 12.5. The molecule has 1 saturated heterocycles. The number of amides is 2. The van der Waals surface area contributed by atoms with Crippen molar-refractivity contribution in [1.29, 1.82) is 0 Å². The monoisotopic (exact) mass is 316 g/mol. The molecule has 0 spiro atoms. The van der Waals surface area contributed by atoms with E-state index in [1.54, 1.807) is 0 Å². The maximum Gasteiger partial charge on any atom is 0.317 e. The summed E-state index contributed by atoms with van der Waals surface area (Å²) in [7, 11) is -0.847. The van der Waals surface area contributed by atoms with Gasteiger partial charge in [-0.3, -0.25) is 4.21 Å². The van der Waals surface area contributed by atoms with E-state index in [9.17, 15) is 14.1 Å². The van der Waals surface area contributed by atoms with E-state index in [1.807, 2.05) is 11.8 Å². The van der Waals surface area contributed by atoms with Crippen LogP contribution in [0.2, 0.25) is 0 Å². The van der Waals surface area contributed by atoms with E-state index in [0.29, 0.717) is 12.3 Å². The molecule has 0 aromatic carbocycles. The zero-order valence-electron chi connectivity index (χ0n) is 12.9. The quantitative estimate of drug-likeness (QED) is 0.825. The SMILES string of the molecule is CC[S@@](=O)[C@@H]1CCCC[C@@H]1NC(=O)N1CCC[C@H](CO)C1. The lowest BCUT2D eigenvalue weighted by molar-refractivity contribution is 0.127. The Balaban J connectivity index is 1.92. The highest BCUT2D eigenvalue weighted by Gasteiger charge is 2.32. The Morgan fingerprint density at radius 1 is 1.29 bits per heavy atom. The Morgan fingerprint density at radius 3 is 2.76 bits per heavy atom. The summed E-state index contributed by atoms with van der Waals surface area (Å²) in [5.74, 6) is 0.865. The Bertz CT molecular complexity index is 378. The molecule has 1 aliphatic heterocycles. The Labute approximate surface area is 129 Å². The van der Waals surface area contributed by atoms with Crippen LogP contribution in [0.25, 0.3) is 0 Å². The van der Waals surface area contributed by atoms with Crippen LogP contribution in [0.4, 0.5) is 4.79 Å². The van der Waals surface area contributed by atoms with Gasteiger partial charge in [-0.05, 0) is 31.6 Å².